The van der Waals surface area contributed by atoms with Crippen molar-refractivity contribution in [2.45, 2.75) is 4.90 Å². The first-order valence-electron chi connectivity index (χ1n) is 2.73. The molecule has 1 heterocycles. The lowest BCUT2D eigenvalue weighted by Gasteiger charge is -1.96. The van der Waals surface area contributed by atoms with Crippen LogP contribution in [-0.4, -0.2) is 15.5 Å². The summed E-state index contributed by atoms with van der Waals surface area (Å²) in [5, 5.41) is 0. The van der Waals surface area contributed by atoms with Gasteiger partial charge in [0.15, 0.2) is 0 Å². The first kappa shape index (κ1) is 10.3. The summed E-state index contributed by atoms with van der Waals surface area (Å²) < 4.78 is 26.8. The Labute approximate surface area is 84.0 Å². The highest BCUT2D eigenvalue weighted by atomic mass is 35.5. The van der Waals surface area contributed by atoms with Crippen molar-refractivity contribution >= 4 is 44.7 Å². The summed E-state index contributed by atoms with van der Waals surface area (Å²) in [5.41, 5.74) is 0. The van der Waals surface area contributed by atoms with Gasteiger partial charge in [0.25, 0.3) is 10.1 Å². The summed E-state index contributed by atoms with van der Waals surface area (Å²) in [6, 6.07) is 1.26. The fourth-order valence-corrected chi connectivity index (χ4v) is 3.35. The number of hydrogen-bond acceptors (Lipinski definition) is 4. The average molecular weight is 247 g/mol. The molecule has 0 N–H and O–H groups in total. The smallest absolute Gasteiger partial charge is 0.270 e. The topological polar surface area (TPSA) is 43.4 Å². The second-order valence-corrected chi connectivity index (χ2v) is 5.78. The second kappa shape index (κ2) is 3.51. The van der Waals surface area contributed by atoms with Crippen LogP contribution in [0.3, 0.4) is 0 Å². The van der Waals surface area contributed by atoms with Gasteiger partial charge in [0.1, 0.15) is 9.23 Å². The van der Waals surface area contributed by atoms with Crippen LogP contribution in [0.1, 0.15) is 0 Å². The van der Waals surface area contributed by atoms with Crippen LogP contribution < -0.4 is 0 Å². The molecule has 1 aromatic rings. The number of thiophene rings is 1. The summed E-state index contributed by atoms with van der Waals surface area (Å²) >= 11 is 12.1. The molecule has 0 spiro atoms. The fraction of sp³-hybridized carbons (Fsp3) is 0.200. The third-order valence-electron chi connectivity index (χ3n) is 1.11. The van der Waals surface area contributed by atoms with Crippen LogP contribution in [0.25, 0.3) is 0 Å². The Balaban J connectivity index is 3.29. The molecule has 0 atom stereocenters. The molecule has 0 unspecified atom stereocenters. The molecule has 1 rings (SSSR count). The molecule has 1 aromatic heterocycles. The zero-order valence-electron chi connectivity index (χ0n) is 5.87. The highest BCUT2D eigenvalue weighted by Crippen LogP contribution is 2.34. The van der Waals surface area contributed by atoms with E-state index in [0.29, 0.717) is 4.34 Å². The Bertz CT molecular complexity index is 381. The van der Waals surface area contributed by atoms with Crippen molar-refractivity contribution < 1.29 is 12.6 Å². The van der Waals surface area contributed by atoms with Gasteiger partial charge in [-0.25, -0.2) is 0 Å². The lowest BCUT2D eigenvalue weighted by molar-refractivity contribution is 0.398. The normalized spacial score (nSPS) is 11.9. The van der Waals surface area contributed by atoms with Crippen LogP contribution in [0.15, 0.2) is 11.0 Å². The molecule has 12 heavy (non-hydrogen) atoms. The van der Waals surface area contributed by atoms with E-state index < -0.39 is 10.1 Å². The van der Waals surface area contributed by atoms with Crippen molar-refractivity contribution in [2.75, 3.05) is 7.11 Å². The quantitative estimate of drug-likeness (QED) is 0.753. The molecule has 68 valence electrons. The maximum atomic E-state index is 11.1. The van der Waals surface area contributed by atoms with E-state index in [0.717, 1.165) is 18.4 Å². The first-order valence-corrected chi connectivity index (χ1v) is 5.71. The molecule has 0 saturated heterocycles. The molecule has 0 amide bonds. The van der Waals surface area contributed by atoms with E-state index >= 15 is 0 Å². The maximum absolute atomic E-state index is 11.1. The third kappa shape index (κ3) is 1.92. The van der Waals surface area contributed by atoms with Crippen LogP contribution in [0.4, 0.5) is 0 Å². The highest BCUT2D eigenvalue weighted by molar-refractivity contribution is 7.87. The number of halogens is 2. The highest BCUT2D eigenvalue weighted by Gasteiger charge is 2.20. The second-order valence-electron chi connectivity index (χ2n) is 1.81. The summed E-state index contributed by atoms with van der Waals surface area (Å²) in [5.74, 6) is 0. The minimum absolute atomic E-state index is 0.0818. The molecule has 3 nitrogen and oxygen atoms in total. The summed E-state index contributed by atoms with van der Waals surface area (Å²) in [6.45, 7) is 0. The zero-order chi connectivity index (χ0) is 9.35. The van der Waals surface area contributed by atoms with Crippen molar-refractivity contribution in [2.24, 2.45) is 0 Å². The molecule has 7 heteroatoms. The van der Waals surface area contributed by atoms with Crippen LogP contribution in [-0.2, 0) is 14.3 Å². The molecule has 0 radical (unpaired) electrons. The zero-order valence-corrected chi connectivity index (χ0v) is 9.02. The minimum atomic E-state index is -3.71. The molecular formula is C5H4Cl2O3S2. The molecule has 0 aliphatic carbocycles. The molecule has 0 aromatic carbocycles. The van der Waals surface area contributed by atoms with Crippen LogP contribution in [0.2, 0.25) is 8.67 Å². The summed E-state index contributed by atoms with van der Waals surface area (Å²) in [6.07, 6.45) is 0. The Kier molecular flexibility index (Phi) is 3.01. The van der Waals surface area contributed by atoms with Gasteiger partial charge < -0.3 is 0 Å². The number of hydrogen-bond donors (Lipinski definition) is 0. The van der Waals surface area contributed by atoms with Gasteiger partial charge >= 0.3 is 0 Å². The SMILES string of the molecule is COS(=O)(=O)c1cc(Cl)sc1Cl. The van der Waals surface area contributed by atoms with Gasteiger partial charge in [0.2, 0.25) is 0 Å². The predicted octanol–water partition coefficient (Wildman–Crippen LogP) is 2.39. The van der Waals surface area contributed by atoms with Gasteiger partial charge in [-0.3, -0.25) is 4.18 Å². The van der Waals surface area contributed by atoms with Gasteiger partial charge in [-0.05, 0) is 6.07 Å². The minimum Gasteiger partial charge on any atom is -0.270 e. The monoisotopic (exact) mass is 246 g/mol. The van der Waals surface area contributed by atoms with E-state index in [9.17, 15) is 8.42 Å². The van der Waals surface area contributed by atoms with E-state index in [-0.39, 0.29) is 9.23 Å². The van der Waals surface area contributed by atoms with E-state index in [1.54, 1.807) is 0 Å². The molecule has 0 bridgehead atoms. The van der Waals surface area contributed by atoms with E-state index in [2.05, 4.69) is 4.18 Å². The van der Waals surface area contributed by atoms with E-state index in [4.69, 9.17) is 23.2 Å². The van der Waals surface area contributed by atoms with Crippen molar-refractivity contribution in [1.82, 2.24) is 0 Å². The standard InChI is InChI=1S/C5H4Cl2O3S2/c1-10-12(8,9)3-2-4(6)11-5(3)7/h2H,1H3. The fourth-order valence-electron chi connectivity index (χ4n) is 0.585. The summed E-state index contributed by atoms with van der Waals surface area (Å²) in [4.78, 5) is -0.0818. The lowest BCUT2D eigenvalue weighted by Crippen LogP contribution is -2.01. The molecular weight excluding hydrogens is 243 g/mol. The van der Waals surface area contributed by atoms with E-state index in [1.165, 1.54) is 6.07 Å². The molecule has 0 fully saturated rings. The summed E-state index contributed by atoms with van der Waals surface area (Å²) in [7, 11) is -2.65. The Morgan fingerprint density at radius 2 is 2.08 bits per heavy atom. The maximum Gasteiger partial charge on any atom is 0.299 e. The van der Waals surface area contributed by atoms with Crippen LogP contribution >= 0.6 is 34.5 Å². The molecule has 0 saturated carbocycles. The van der Waals surface area contributed by atoms with Crippen LogP contribution in [0, 0.1) is 0 Å². The van der Waals surface area contributed by atoms with Crippen molar-refractivity contribution in [3.8, 4) is 0 Å². The molecule has 0 aliphatic heterocycles. The predicted molar refractivity (Wildman–Crippen MR) is 48.5 cm³/mol. The van der Waals surface area contributed by atoms with Gasteiger partial charge in [-0.2, -0.15) is 8.42 Å². The molecule has 0 aliphatic rings. The van der Waals surface area contributed by atoms with Gasteiger partial charge in [0, 0.05) is 0 Å². The lowest BCUT2D eigenvalue weighted by atomic mass is 10.7. The van der Waals surface area contributed by atoms with Crippen LogP contribution in [0.5, 0.6) is 0 Å². The van der Waals surface area contributed by atoms with Gasteiger partial charge in [-0.15, -0.1) is 11.3 Å². The van der Waals surface area contributed by atoms with Gasteiger partial charge in [-0.1, -0.05) is 23.2 Å². The van der Waals surface area contributed by atoms with Gasteiger partial charge in [0.05, 0.1) is 11.4 Å². The average Bonchev–Trinajstić information content (AvgIpc) is 2.31. The van der Waals surface area contributed by atoms with Crippen molar-refractivity contribution in [1.29, 1.82) is 0 Å². The number of rotatable bonds is 2. The Hall–Kier alpha value is 0.190. The first-order chi connectivity index (χ1) is 5.47. The van der Waals surface area contributed by atoms with Crippen molar-refractivity contribution in [3.05, 3.63) is 14.7 Å². The largest absolute Gasteiger partial charge is 0.299 e. The van der Waals surface area contributed by atoms with Crippen molar-refractivity contribution in [3.63, 3.8) is 0 Å². The Morgan fingerprint density at radius 3 is 2.42 bits per heavy atom. The van der Waals surface area contributed by atoms with E-state index in [1.807, 2.05) is 0 Å². The Morgan fingerprint density at radius 1 is 1.50 bits per heavy atom. The third-order valence-corrected chi connectivity index (χ3v) is 4.14.